The number of nitrogens with one attached hydrogen (secondary N) is 2. The lowest BCUT2D eigenvalue weighted by Gasteiger charge is -2.15. The molecule has 0 aromatic heterocycles. The van der Waals surface area contributed by atoms with E-state index in [0.29, 0.717) is 12.3 Å². The highest BCUT2D eigenvalue weighted by atomic mass is 32.2. The lowest BCUT2D eigenvalue weighted by atomic mass is 10.1. The number of aliphatic hydroxyl groups excluding tert-OH is 1. The zero-order valence-corrected chi connectivity index (χ0v) is 9.10. The summed E-state index contributed by atoms with van der Waals surface area (Å²) in [5, 5.41) is 14.3. The molecule has 1 saturated carbocycles. The van der Waals surface area contributed by atoms with E-state index >= 15 is 0 Å². The summed E-state index contributed by atoms with van der Waals surface area (Å²) < 4.78 is 0. The standard InChI is InChI=1S/C9H14N2O3S/c12-5-9(1-2-9)4-10-7(13)6-3-15-8(14)11-6/h6,12H,1-5H2,(H,10,13)(H,11,14). The van der Waals surface area contributed by atoms with E-state index in [1.54, 1.807) is 0 Å². The van der Waals surface area contributed by atoms with Crippen molar-refractivity contribution in [3.8, 4) is 0 Å². The highest BCUT2D eigenvalue weighted by molar-refractivity contribution is 8.14. The minimum absolute atomic E-state index is 0.0780. The van der Waals surface area contributed by atoms with Crippen LogP contribution in [-0.4, -0.2) is 41.2 Å². The average Bonchev–Trinajstić information content (AvgIpc) is 2.90. The van der Waals surface area contributed by atoms with Crippen LogP contribution in [0.4, 0.5) is 4.79 Å². The predicted octanol–water partition coefficient (Wildman–Crippen LogP) is -0.300. The summed E-state index contributed by atoms with van der Waals surface area (Å²) in [4.78, 5) is 22.4. The SMILES string of the molecule is O=C1NC(C(=O)NCC2(CO)CC2)CS1. The minimum atomic E-state index is -0.406. The van der Waals surface area contributed by atoms with Crippen LogP contribution in [0.3, 0.4) is 0 Å². The molecule has 1 saturated heterocycles. The van der Waals surface area contributed by atoms with Crippen LogP contribution in [0, 0.1) is 5.41 Å². The Hall–Kier alpha value is -0.750. The lowest BCUT2D eigenvalue weighted by molar-refractivity contribution is -0.122. The van der Waals surface area contributed by atoms with Crippen molar-refractivity contribution in [2.75, 3.05) is 18.9 Å². The molecule has 0 aromatic carbocycles. The number of hydrogen-bond donors (Lipinski definition) is 3. The van der Waals surface area contributed by atoms with Gasteiger partial charge in [-0.05, 0) is 12.8 Å². The molecule has 0 spiro atoms. The summed E-state index contributed by atoms with van der Waals surface area (Å²) in [5.41, 5.74) is -0.0780. The molecule has 5 nitrogen and oxygen atoms in total. The zero-order chi connectivity index (χ0) is 10.9. The molecule has 2 rings (SSSR count). The normalized spacial score (nSPS) is 27.3. The van der Waals surface area contributed by atoms with E-state index in [-0.39, 0.29) is 23.2 Å². The Bertz CT molecular complexity index is 291. The molecule has 1 aliphatic carbocycles. The van der Waals surface area contributed by atoms with Crippen LogP contribution in [0.5, 0.6) is 0 Å². The second-order valence-electron chi connectivity index (χ2n) is 4.17. The fourth-order valence-corrected chi connectivity index (χ4v) is 2.27. The Morgan fingerprint density at radius 3 is 2.87 bits per heavy atom. The fourth-order valence-electron chi connectivity index (χ4n) is 1.49. The summed E-state index contributed by atoms with van der Waals surface area (Å²) in [7, 11) is 0. The van der Waals surface area contributed by atoms with Gasteiger partial charge in [0.2, 0.25) is 5.91 Å². The number of thioether (sulfide) groups is 1. The van der Waals surface area contributed by atoms with Gasteiger partial charge in [0.05, 0.1) is 6.61 Å². The first-order valence-electron chi connectivity index (χ1n) is 4.97. The Morgan fingerprint density at radius 1 is 1.67 bits per heavy atom. The van der Waals surface area contributed by atoms with Gasteiger partial charge in [0.15, 0.2) is 0 Å². The summed E-state index contributed by atoms with van der Waals surface area (Å²) >= 11 is 1.13. The number of carbonyl (C=O) groups excluding carboxylic acids is 2. The van der Waals surface area contributed by atoms with Crippen molar-refractivity contribution in [2.45, 2.75) is 18.9 Å². The molecule has 2 fully saturated rings. The van der Waals surface area contributed by atoms with Gasteiger partial charge in [-0.25, -0.2) is 0 Å². The van der Waals surface area contributed by atoms with Crippen molar-refractivity contribution in [1.29, 1.82) is 0 Å². The Labute approximate surface area is 92.0 Å². The summed E-state index contributed by atoms with van der Waals surface area (Å²) in [6, 6.07) is -0.406. The smallest absolute Gasteiger partial charge is 0.279 e. The van der Waals surface area contributed by atoms with E-state index in [9.17, 15) is 9.59 Å². The molecule has 0 bridgehead atoms. The third kappa shape index (κ3) is 2.43. The number of aliphatic hydroxyl groups is 1. The van der Waals surface area contributed by atoms with Gasteiger partial charge in [-0.2, -0.15) is 0 Å². The molecule has 0 aromatic rings. The first-order chi connectivity index (χ1) is 7.15. The molecule has 3 N–H and O–H groups in total. The van der Waals surface area contributed by atoms with Gasteiger partial charge in [-0.3, -0.25) is 9.59 Å². The van der Waals surface area contributed by atoms with Crippen molar-refractivity contribution < 1.29 is 14.7 Å². The van der Waals surface area contributed by atoms with Crippen molar-refractivity contribution in [2.24, 2.45) is 5.41 Å². The number of rotatable bonds is 4. The Balaban J connectivity index is 1.75. The van der Waals surface area contributed by atoms with Crippen molar-refractivity contribution >= 4 is 22.9 Å². The third-order valence-electron chi connectivity index (χ3n) is 2.92. The Morgan fingerprint density at radius 2 is 2.40 bits per heavy atom. The maximum absolute atomic E-state index is 11.6. The van der Waals surface area contributed by atoms with E-state index in [4.69, 9.17) is 5.11 Å². The van der Waals surface area contributed by atoms with Gasteiger partial charge in [0.25, 0.3) is 5.24 Å². The average molecular weight is 230 g/mol. The largest absolute Gasteiger partial charge is 0.396 e. The summed E-state index contributed by atoms with van der Waals surface area (Å²) in [5.74, 6) is 0.352. The molecule has 84 valence electrons. The fraction of sp³-hybridized carbons (Fsp3) is 0.778. The Kier molecular flexibility index (Phi) is 2.88. The molecule has 1 heterocycles. The molecule has 6 heteroatoms. The summed E-state index contributed by atoms with van der Waals surface area (Å²) in [6.07, 6.45) is 1.94. The monoisotopic (exact) mass is 230 g/mol. The first-order valence-corrected chi connectivity index (χ1v) is 5.96. The second kappa shape index (κ2) is 4.02. The van der Waals surface area contributed by atoms with Crippen LogP contribution in [0.1, 0.15) is 12.8 Å². The molecule has 1 atom stereocenters. The number of amides is 2. The summed E-state index contributed by atoms with van der Waals surface area (Å²) in [6.45, 7) is 0.637. The predicted molar refractivity (Wildman–Crippen MR) is 56.5 cm³/mol. The van der Waals surface area contributed by atoms with Gasteiger partial charge in [-0.1, -0.05) is 11.8 Å². The van der Waals surface area contributed by atoms with Gasteiger partial charge in [0.1, 0.15) is 6.04 Å². The quantitative estimate of drug-likeness (QED) is 0.619. The second-order valence-corrected chi connectivity index (χ2v) is 5.16. The van der Waals surface area contributed by atoms with Gasteiger partial charge < -0.3 is 15.7 Å². The van der Waals surface area contributed by atoms with E-state index in [2.05, 4.69) is 10.6 Å². The molecular formula is C9H14N2O3S. The van der Waals surface area contributed by atoms with Gasteiger partial charge in [-0.15, -0.1) is 0 Å². The first kappa shape index (κ1) is 10.8. The highest BCUT2D eigenvalue weighted by Gasteiger charge is 2.42. The van der Waals surface area contributed by atoms with Crippen LogP contribution >= 0.6 is 11.8 Å². The van der Waals surface area contributed by atoms with Crippen LogP contribution in [-0.2, 0) is 4.79 Å². The number of carbonyl (C=O) groups is 2. The molecule has 1 unspecified atom stereocenters. The third-order valence-corrected chi connectivity index (χ3v) is 3.80. The minimum Gasteiger partial charge on any atom is -0.396 e. The maximum atomic E-state index is 11.6. The van der Waals surface area contributed by atoms with Gasteiger partial charge in [0, 0.05) is 17.7 Å². The zero-order valence-electron chi connectivity index (χ0n) is 8.28. The van der Waals surface area contributed by atoms with Crippen LogP contribution < -0.4 is 10.6 Å². The van der Waals surface area contributed by atoms with E-state index in [1.165, 1.54) is 0 Å². The molecule has 15 heavy (non-hydrogen) atoms. The van der Waals surface area contributed by atoms with Crippen molar-refractivity contribution in [1.82, 2.24) is 10.6 Å². The highest BCUT2D eigenvalue weighted by Crippen LogP contribution is 2.44. The van der Waals surface area contributed by atoms with Crippen molar-refractivity contribution in [3.05, 3.63) is 0 Å². The van der Waals surface area contributed by atoms with Crippen LogP contribution in [0.15, 0.2) is 0 Å². The number of hydrogen-bond acceptors (Lipinski definition) is 4. The molecule has 2 aliphatic rings. The lowest BCUT2D eigenvalue weighted by Crippen LogP contribution is -2.45. The molecule has 2 amide bonds. The van der Waals surface area contributed by atoms with Crippen LogP contribution in [0.25, 0.3) is 0 Å². The van der Waals surface area contributed by atoms with E-state index < -0.39 is 6.04 Å². The maximum Gasteiger partial charge on any atom is 0.279 e. The topological polar surface area (TPSA) is 78.4 Å². The molecular weight excluding hydrogens is 216 g/mol. The molecule has 0 radical (unpaired) electrons. The molecule has 1 aliphatic heterocycles. The van der Waals surface area contributed by atoms with E-state index in [1.807, 2.05) is 0 Å². The van der Waals surface area contributed by atoms with Crippen molar-refractivity contribution in [3.63, 3.8) is 0 Å². The van der Waals surface area contributed by atoms with Gasteiger partial charge >= 0.3 is 0 Å². The van der Waals surface area contributed by atoms with E-state index in [0.717, 1.165) is 24.6 Å². The van der Waals surface area contributed by atoms with Crippen LogP contribution in [0.2, 0.25) is 0 Å².